The number of nitrogens with one attached hydrogen (secondary N) is 1. The van der Waals surface area contributed by atoms with E-state index < -0.39 is 0 Å². The van der Waals surface area contributed by atoms with Crippen molar-refractivity contribution in [3.05, 3.63) is 47.3 Å². The number of aryl methyl sites for hydroxylation is 2. The molecule has 100 valence electrons. The summed E-state index contributed by atoms with van der Waals surface area (Å²) in [6.45, 7) is 2.21. The molecule has 1 aromatic carbocycles. The lowest BCUT2D eigenvalue weighted by Gasteiger charge is -2.05. The summed E-state index contributed by atoms with van der Waals surface area (Å²) in [7, 11) is 0. The topological polar surface area (TPSA) is 81.2 Å². The fourth-order valence-corrected chi connectivity index (χ4v) is 1.79. The summed E-state index contributed by atoms with van der Waals surface area (Å²) in [5, 5.41) is 6.61. The van der Waals surface area contributed by atoms with Crippen molar-refractivity contribution in [2.45, 2.75) is 26.3 Å². The van der Waals surface area contributed by atoms with E-state index in [1.54, 1.807) is 6.07 Å². The number of hydrogen-bond donors (Lipinski definition) is 2. The molecule has 0 aliphatic heterocycles. The van der Waals surface area contributed by atoms with E-state index in [-0.39, 0.29) is 5.91 Å². The predicted molar refractivity (Wildman–Crippen MR) is 72.3 cm³/mol. The Bertz CT molecular complexity index is 563. The number of nitrogens with zero attached hydrogens (tertiary/aromatic N) is 1. The van der Waals surface area contributed by atoms with Crippen molar-refractivity contribution >= 4 is 11.6 Å². The highest BCUT2D eigenvalue weighted by atomic mass is 16.5. The Balaban J connectivity index is 1.77. The van der Waals surface area contributed by atoms with Gasteiger partial charge >= 0.3 is 0 Å². The van der Waals surface area contributed by atoms with E-state index in [0.717, 1.165) is 22.7 Å². The van der Waals surface area contributed by atoms with E-state index in [0.29, 0.717) is 19.4 Å². The second kappa shape index (κ2) is 6.04. The second-order valence-electron chi connectivity index (χ2n) is 4.40. The van der Waals surface area contributed by atoms with Gasteiger partial charge in [0.25, 0.3) is 0 Å². The smallest absolute Gasteiger partial charge is 0.220 e. The van der Waals surface area contributed by atoms with Crippen molar-refractivity contribution in [1.82, 2.24) is 10.5 Å². The Morgan fingerprint density at radius 3 is 2.89 bits per heavy atom. The quantitative estimate of drug-likeness (QED) is 0.802. The fraction of sp³-hybridized carbons (Fsp3) is 0.286. The van der Waals surface area contributed by atoms with Gasteiger partial charge in [-0.25, -0.2) is 0 Å². The maximum Gasteiger partial charge on any atom is 0.220 e. The van der Waals surface area contributed by atoms with Crippen LogP contribution in [0.2, 0.25) is 0 Å². The third kappa shape index (κ3) is 3.84. The van der Waals surface area contributed by atoms with Crippen molar-refractivity contribution in [2.75, 3.05) is 5.73 Å². The molecule has 3 N–H and O–H groups in total. The second-order valence-corrected chi connectivity index (χ2v) is 4.40. The molecular weight excluding hydrogens is 242 g/mol. The number of hydrogen-bond acceptors (Lipinski definition) is 4. The van der Waals surface area contributed by atoms with Crippen LogP contribution in [0, 0.1) is 6.92 Å². The number of para-hydroxylation sites is 1. The Morgan fingerprint density at radius 1 is 1.42 bits per heavy atom. The number of carbonyl (C=O) groups excluding carboxylic acids is 1. The molecule has 0 aliphatic carbocycles. The monoisotopic (exact) mass is 259 g/mol. The van der Waals surface area contributed by atoms with Gasteiger partial charge in [-0.15, -0.1) is 0 Å². The Hall–Kier alpha value is -2.30. The molecule has 5 nitrogen and oxygen atoms in total. The van der Waals surface area contributed by atoms with Crippen LogP contribution in [0.3, 0.4) is 0 Å². The van der Waals surface area contributed by atoms with Crippen LogP contribution >= 0.6 is 0 Å². The van der Waals surface area contributed by atoms with E-state index in [1.165, 1.54) is 0 Å². The normalized spacial score (nSPS) is 10.4. The summed E-state index contributed by atoms with van der Waals surface area (Å²) in [6.07, 6.45) is 1.04. The van der Waals surface area contributed by atoms with Gasteiger partial charge in [0.1, 0.15) is 11.5 Å². The molecule has 0 saturated carbocycles. The first kappa shape index (κ1) is 13.1. The lowest BCUT2D eigenvalue weighted by molar-refractivity contribution is -0.121. The molecule has 0 aliphatic rings. The molecule has 1 aromatic heterocycles. The number of nitrogen functional groups attached to an aromatic ring is 1. The van der Waals surface area contributed by atoms with Gasteiger partial charge in [-0.1, -0.05) is 23.4 Å². The number of nitrogens with two attached hydrogens (primary N) is 1. The van der Waals surface area contributed by atoms with Gasteiger partial charge in [0.15, 0.2) is 0 Å². The zero-order chi connectivity index (χ0) is 13.7. The summed E-state index contributed by atoms with van der Waals surface area (Å²) in [6, 6.07) is 9.37. The van der Waals surface area contributed by atoms with Gasteiger partial charge in [0, 0.05) is 18.2 Å². The molecule has 0 bridgehead atoms. The van der Waals surface area contributed by atoms with Crippen molar-refractivity contribution in [2.24, 2.45) is 0 Å². The number of rotatable bonds is 5. The van der Waals surface area contributed by atoms with Crippen LogP contribution in [0.25, 0.3) is 0 Å². The van der Waals surface area contributed by atoms with Crippen LogP contribution in [-0.2, 0) is 17.8 Å². The summed E-state index contributed by atoms with van der Waals surface area (Å²) < 4.78 is 4.92. The van der Waals surface area contributed by atoms with Crippen LogP contribution in [0.4, 0.5) is 5.69 Å². The third-order valence-corrected chi connectivity index (χ3v) is 2.82. The predicted octanol–water partition coefficient (Wildman–Crippen LogP) is 1.81. The zero-order valence-electron chi connectivity index (χ0n) is 10.8. The average Bonchev–Trinajstić information content (AvgIpc) is 2.81. The molecule has 5 heteroatoms. The van der Waals surface area contributed by atoms with E-state index in [9.17, 15) is 4.79 Å². The minimum Gasteiger partial charge on any atom is -0.399 e. The van der Waals surface area contributed by atoms with Gasteiger partial charge in [-0.2, -0.15) is 0 Å². The zero-order valence-corrected chi connectivity index (χ0v) is 10.8. The maximum atomic E-state index is 11.7. The fourth-order valence-electron chi connectivity index (χ4n) is 1.79. The molecule has 2 rings (SSSR count). The summed E-state index contributed by atoms with van der Waals surface area (Å²) in [4.78, 5) is 11.7. The molecule has 19 heavy (non-hydrogen) atoms. The highest BCUT2D eigenvalue weighted by Crippen LogP contribution is 2.12. The summed E-state index contributed by atoms with van der Waals surface area (Å²) in [5.74, 6) is 0.713. The molecule has 1 amide bonds. The standard InChI is InChI=1S/C14H17N3O2/c1-10-8-12(17-19-10)9-16-14(18)7-6-11-4-2-3-5-13(11)15/h2-5,8H,6-7,9,15H2,1H3,(H,16,18). The average molecular weight is 259 g/mol. The number of anilines is 1. The largest absolute Gasteiger partial charge is 0.399 e. The molecule has 1 heterocycles. The van der Waals surface area contributed by atoms with Gasteiger partial charge in [-0.05, 0) is 25.0 Å². The third-order valence-electron chi connectivity index (χ3n) is 2.82. The number of aromatic nitrogens is 1. The van der Waals surface area contributed by atoms with E-state index >= 15 is 0 Å². The molecule has 2 aromatic rings. The highest BCUT2D eigenvalue weighted by Gasteiger charge is 2.06. The molecule has 0 saturated heterocycles. The van der Waals surface area contributed by atoms with Gasteiger partial charge in [0.2, 0.25) is 5.91 Å². The van der Waals surface area contributed by atoms with E-state index in [2.05, 4.69) is 10.5 Å². The Kier molecular flexibility index (Phi) is 4.18. The minimum absolute atomic E-state index is 0.0242. The number of carbonyl (C=O) groups is 1. The van der Waals surface area contributed by atoms with Crippen molar-refractivity contribution < 1.29 is 9.32 Å². The van der Waals surface area contributed by atoms with Gasteiger partial charge < -0.3 is 15.6 Å². The van der Waals surface area contributed by atoms with Crippen molar-refractivity contribution in [3.63, 3.8) is 0 Å². The molecule has 0 fully saturated rings. The first-order chi connectivity index (χ1) is 9.15. The van der Waals surface area contributed by atoms with Gasteiger partial charge in [-0.3, -0.25) is 4.79 Å². The van der Waals surface area contributed by atoms with Crippen LogP contribution in [-0.4, -0.2) is 11.1 Å². The molecule has 0 spiro atoms. The van der Waals surface area contributed by atoms with Gasteiger partial charge in [0.05, 0.1) is 6.54 Å². The minimum atomic E-state index is -0.0242. The lowest BCUT2D eigenvalue weighted by atomic mass is 10.1. The van der Waals surface area contributed by atoms with Crippen LogP contribution in [0.15, 0.2) is 34.9 Å². The van der Waals surface area contributed by atoms with Crippen LogP contribution in [0.1, 0.15) is 23.4 Å². The number of benzene rings is 1. The summed E-state index contributed by atoms with van der Waals surface area (Å²) in [5.41, 5.74) is 8.27. The van der Waals surface area contributed by atoms with E-state index in [4.69, 9.17) is 10.3 Å². The maximum absolute atomic E-state index is 11.7. The van der Waals surface area contributed by atoms with Crippen molar-refractivity contribution in [3.8, 4) is 0 Å². The molecule has 0 atom stereocenters. The molecule has 0 unspecified atom stereocenters. The first-order valence-electron chi connectivity index (χ1n) is 6.17. The van der Waals surface area contributed by atoms with Crippen LogP contribution < -0.4 is 11.1 Å². The molecule has 0 radical (unpaired) electrons. The first-order valence-corrected chi connectivity index (χ1v) is 6.17. The Labute approximate surface area is 111 Å². The number of amides is 1. The summed E-state index contributed by atoms with van der Waals surface area (Å²) >= 11 is 0. The SMILES string of the molecule is Cc1cc(CNC(=O)CCc2ccccc2N)no1. The lowest BCUT2D eigenvalue weighted by Crippen LogP contribution is -2.23. The Morgan fingerprint density at radius 2 is 2.21 bits per heavy atom. The van der Waals surface area contributed by atoms with Crippen molar-refractivity contribution in [1.29, 1.82) is 0 Å². The van der Waals surface area contributed by atoms with Crippen LogP contribution in [0.5, 0.6) is 0 Å². The molecular formula is C14H17N3O2. The van der Waals surface area contributed by atoms with E-state index in [1.807, 2.05) is 31.2 Å². The highest BCUT2D eigenvalue weighted by molar-refractivity contribution is 5.76.